The lowest BCUT2D eigenvalue weighted by molar-refractivity contribution is -0.134. The van der Waals surface area contributed by atoms with Gasteiger partial charge in [0.25, 0.3) is 0 Å². The Labute approximate surface area is 116 Å². The van der Waals surface area contributed by atoms with Crippen LogP contribution in [0.25, 0.3) is 0 Å². The van der Waals surface area contributed by atoms with E-state index in [1.165, 1.54) is 18.8 Å². The summed E-state index contributed by atoms with van der Waals surface area (Å²) in [6.07, 6.45) is 6.60. The average Bonchev–Trinajstić information content (AvgIpc) is 2.35. The summed E-state index contributed by atoms with van der Waals surface area (Å²) >= 11 is 0. The van der Waals surface area contributed by atoms with Gasteiger partial charge in [0.05, 0.1) is 7.11 Å². The minimum absolute atomic E-state index is 0.120. The third kappa shape index (κ3) is 9.00. The fourth-order valence-electron chi connectivity index (χ4n) is 1.50. The molecule has 3 heteroatoms. The highest BCUT2D eigenvalue weighted by molar-refractivity contribution is 5.94. The zero-order valence-corrected chi connectivity index (χ0v) is 12.4. The molecule has 0 aliphatic heterocycles. The third-order valence-electron chi connectivity index (χ3n) is 2.82. The number of hydrogen-bond donors (Lipinski definition) is 0. The lowest BCUT2D eigenvalue weighted by atomic mass is 10.0. The first-order chi connectivity index (χ1) is 8.86. The van der Waals surface area contributed by atoms with Gasteiger partial charge in [-0.3, -0.25) is 4.79 Å². The minimum atomic E-state index is -0.315. The molecule has 3 nitrogen and oxygen atoms in total. The molecule has 106 valence electrons. The molecule has 0 aromatic heterocycles. The molecule has 0 fully saturated rings. The molecule has 0 saturated heterocycles. The number of Topliss-reactive ketones (excluding diaryl/α,β-unsaturated/α-hetero) is 1. The number of ether oxygens (including phenoxy) is 1. The van der Waals surface area contributed by atoms with Gasteiger partial charge in [0, 0.05) is 12.5 Å². The van der Waals surface area contributed by atoms with Crippen LogP contribution < -0.4 is 0 Å². The highest BCUT2D eigenvalue weighted by Gasteiger charge is 2.02. The van der Waals surface area contributed by atoms with Crippen molar-refractivity contribution >= 4 is 11.8 Å². The van der Waals surface area contributed by atoms with E-state index in [9.17, 15) is 9.59 Å². The first kappa shape index (κ1) is 17.4. The molecule has 0 bridgehead atoms. The summed E-state index contributed by atoms with van der Waals surface area (Å²) < 4.78 is 4.56. The van der Waals surface area contributed by atoms with Crippen molar-refractivity contribution in [2.75, 3.05) is 7.11 Å². The molecule has 0 aromatic carbocycles. The molecule has 0 atom stereocenters. The van der Waals surface area contributed by atoms with Crippen molar-refractivity contribution < 1.29 is 14.3 Å². The summed E-state index contributed by atoms with van der Waals surface area (Å²) in [4.78, 5) is 22.4. The Morgan fingerprint density at radius 1 is 1.05 bits per heavy atom. The van der Waals surface area contributed by atoms with Gasteiger partial charge in [-0.25, -0.2) is 4.79 Å². The first-order valence-corrected chi connectivity index (χ1v) is 6.46. The number of carbonyl (C=O) groups is 2. The Balaban J connectivity index is 4.06. The number of ketones is 1. The van der Waals surface area contributed by atoms with Crippen LogP contribution >= 0.6 is 0 Å². The standard InChI is InChI=1S/C16H24O3/c1-12(2)15(17)10-9-13(3)7-6-8-14(4)11-16(18)19-5/h7,11H,1,6,8-10H2,2-5H3/b13-7+,14-11+. The summed E-state index contributed by atoms with van der Waals surface area (Å²) in [5, 5.41) is 0. The van der Waals surface area contributed by atoms with E-state index in [-0.39, 0.29) is 11.8 Å². The highest BCUT2D eigenvalue weighted by atomic mass is 16.5. The summed E-state index contributed by atoms with van der Waals surface area (Å²) in [6, 6.07) is 0. The average molecular weight is 264 g/mol. The van der Waals surface area contributed by atoms with Crippen molar-refractivity contribution in [3.05, 3.63) is 35.5 Å². The number of esters is 1. The van der Waals surface area contributed by atoms with E-state index in [1.807, 2.05) is 13.8 Å². The lowest BCUT2D eigenvalue weighted by Crippen LogP contribution is -1.98. The Hall–Kier alpha value is -1.64. The van der Waals surface area contributed by atoms with Gasteiger partial charge in [-0.05, 0) is 45.6 Å². The fraction of sp³-hybridized carbons (Fsp3) is 0.500. The van der Waals surface area contributed by atoms with Crippen molar-refractivity contribution in [2.45, 2.75) is 46.5 Å². The molecule has 0 radical (unpaired) electrons. The van der Waals surface area contributed by atoms with Crippen molar-refractivity contribution in [1.82, 2.24) is 0 Å². The van der Waals surface area contributed by atoms with E-state index in [0.717, 1.165) is 24.8 Å². The molecule has 0 aliphatic rings. The van der Waals surface area contributed by atoms with Crippen LogP contribution in [0.4, 0.5) is 0 Å². The Kier molecular flexibility index (Phi) is 8.51. The fourth-order valence-corrected chi connectivity index (χ4v) is 1.50. The molecule has 0 rings (SSSR count). The van der Waals surface area contributed by atoms with Crippen molar-refractivity contribution in [3.63, 3.8) is 0 Å². The SMILES string of the molecule is C=C(C)C(=O)CC/C(C)=C/CC/C(C)=C/C(=O)OC. The van der Waals surface area contributed by atoms with Crippen molar-refractivity contribution in [2.24, 2.45) is 0 Å². The monoisotopic (exact) mass is 264 g/mol. The van der Waals surface area contributed by atoms with Crippen LogP contribution in [0.5, 0.6) is 0 Å². The second-order valence-electron chi connectivity index (χ2n) is 4.81. The van der Waals surface area contributed by atoms with E-state index in [1.54, 1.807) is 6.92 Å². The highest BCUT2D eigenvalue weighted by Crippen LogP contribution is 2.11. The van der Waals surface area contributed by atoms with Gasteiger partial charge in [0.15, 0.2) is 5.78 Å². The van der Waals surface area contributed by atoms with Crippen LogP contribution in [0.1, 0.15) is 46.5 Å². The van der Waals surface area contributed by atoms with Crippen molar-refractivity contribution in [1.29, 1.82) is 0 Å². The van der Waals surface area contributed by atoms with Gasteiger partial charge >= 0.3 is 5.97 Å². The van der Waals surface area contributed by atoms with Gasteiger partial charge in [-0.15, -0.1) is 0 Å². The zero-order valence-electron chi connectivity index (χ0n) is 12.4. The van der Waals surface area contributed by atoms with Gasteiger partial charge in [0.2, 0.25) is 0 Å². The summed E-state index contributed by atoms with van der Waals surface area (Å²) in [5.41, 5.74) is 2.80. The first-order valence-electron chi connectivity index (χ1n) is 6.46. The molecule has 0 N–H and O–H groups in total. The number of rotatable bonds is 8. The molecule has 0 aromatic rings. The van der Waals surface area contributed by atoms with Gasteiger partial charge in [-0.1, -0.05) is 23.8 Å². The van der Waals surface area contributed by atoms with Crippen molar-refractivity contribution in [3.8, 4) is 0 Å². The third-order valence-corrected chi connectivity index (χ3v) is 2.82. The summed E-state index contributed by atoms with van der Waals surface area (Å²) in [6.45, 7) is 9.30. The molecule has 0 amide bonds. The zero-order chi connectivity index (χ0) is 14.8. The molecular formula is C16H24O3. The molecule has 19 heavy (non-hydrogen) atoms. The lowest BCUT2D eigenvalue weighted by Gasteiger charge is -2.02. The Morgan fingerprint density at radius 2 is 1.68 bits per heavy atom. The minimum Gasteiger partial charge on any atom is -0.466 e. The van der Waals surface area contributed by atoms with Gasteiger partial charge in [0.1, 0.15) is 0 Å². The van der Waals surface area contributed by atoms with Crippen LogP contribution in [0.3, 0.4) is 0 Å². The molecule has 0 saturated carbocycles. The normalized spacial score (nSPS) is 12.2. The molecule has 0 heterocycles. The maximum Gasteiger partial charge on any atom is 0.330 e. The molecule has 0 spiro atoms. The topological polar surface area (TPSA) is 43.4 Å². The number of carbonyl (C=O) groups excluding carboxylic acids is 2. The van der Waals surface area contributed by atoms with E-state index in [2.05, 4.69) is 17.4 Å². The maximum atomic E-state index is 11.4. The molecule has 0 aliphatic carbocycles. The molecule has 0 unspecified atom stereocenters. The predicted octanol–water partition coefficient (Wildman–Crippen LogP) is 3.76. The smallest absolute Gasteiger partial charge is 0.330 e. The largest absolute Gasteiger partial charge is 0.466 e. The second kappa shape index (κ2) is 9.31. The van der Waals surface area contributed by atoms with Crippen LogP contribution in [0.15, 0.2) is 35.5 Å². The predicted molar refractivity (Wildman–Crippen MR) is 77.8 cm³/mol. The van der Waals surface area contributed by atoms with Crippen LogP contribution in [0, 0.1) is 0 Å². The Morgan fingerprint density at radius 3 is 2.21 bits per heavy atom. The van der Waals surface area contributed by atoms with Gasteiger partial charge < -0.3 is 4.74 Å². The van der Waals surface area contributed by atoms with E-state index in [4.69, 9.17) is 0 Å². The quantitative estimate of drug-likeness (QED) is 0.381. The Bertz CT molecular complexity index is 400. The molecular weight excluding hydrogens is 240 g/mol. The van der Waals surface area contributed by atoms with Crippen LogP contribution in [-0.4, -0.2) is 18.9 Å². The summed E-state index contributed by atoms with van der Waals surface area (Å²) in [5.74, 6) is -0.195. The van der Waals surface area contributed by atoms with E-state index >= 15 is 0 Å². The number of methoxy groups -OCH3 is 1. The second-order valence-corrected chi connectivity index (χ2v) is 4.81. The van der Waals surface area contributed by atoms with E-state index in [0.29, 0.717) is 12.0 Å². The number of allylic oxidation sites excluding steroid dienone is 4. The van der Waals surface area contributed by atoms with Crippen LogP contribution in [0.2, 0.25) is 0 Å². The van der Waals surface area contributed by atoms with Crippen LogP contribution in [-0.2, 0) is 14.3 Å². The maximum absolute atomic E-state index is 11.4. The van der Waals surface area contributed by atoms with Gasteiger partial charge in [-0.2, -0.15) is 0 Å². The van der Waals surface area contributed by atoms with E-state index < -0.39 is 0 Å². The summed E-state index contributed by atoms with van der Waals surface area (Å²) in [7, 11) is 1.37. The number of hydrogen-bond acceptors (Lipinski definition) is 3.